The van der Waals surface area contributed by atoms with Crippen LogP contribution in [0.25, 0.3) is 0 Å². The van der Waals surface area contributed by atoms with E-state index >= 15 is 0 Å². The molecule has 18 heavy (non-hydrogen) atoms. The predicted molar refractivity (Wildman–Crippen MR) is 68.0 cm³/mol. The van der Waals surface area contributed by atoms with Crippen molar-refractivity contribution in [2.75, 3.05) is 25.8 Å². The molecule has 0 bridgehead atoms. The highest BCUT2D eigenvalue weighted by atomic mass is 32.2. The first-order valence-electron chi connectivity index (χ1n) is 5.32. The predicted octanol–water partition coefficient (Wildman–Crippen LogP) is 1.38. The number of hydrogen-bond donors (Lipinski definition) is 0. The molecule has 1 heterocycles. The lowest BCUT2D eigenvalue weighted by molar-refractivity contribution is -0.124. The third-order valence-corrected chi connectivity index (χ3v) is 3.52. The van der Waals surface area contributed by atoms with Crippen LogP contribution in [-0.2, 0) is 4.79 Å². The van der Waals surface area contributed by atoms with Gasteiger partial charge in [0.05, 0.1) is 31.4 Å². The number of imide groups is 1. The summed E-state index contributed by atoms with van der Waals surface area (Å²) in [4.78, 5) is 25.0. The minimum Gasteiger partial charge on any atom is -0.497 e. The summed E-state index contributed by atoms with van der Waals surface area (Å²) in [6.45, 7) is 0. The molecule has 0 saturated carbocycles. The minimum atomic E-state index is -0.329. The number of carbonyl (C=O) groups is 2. The number of benzene rings is 1. The highest BCUT2D eigenvalue weighted by molar-refractivity contribution is 8.00. The molecule has 0 N–H and O–H groups in total. The van der Waals surface area contributed by atoms with Crippen molar-refractivity contribution in [1.82, 2.24) is 4.90 Å². The van der Waals surface area contributed by atoms with Crippen molar-refractivity contribution in [3.8, 4) is 11.5 Å². The van der Waals surface area contributed by atoms with Gasteiger partial charge < -0.3 is 9.47 Å². The largest absolute Gasteiger partial charge is 0.497 e. The number of amides is 2. The van der Waals surface area contributed by atoms with E-state index in [0.717, 1.165) is 0 Å². The molecule has 5 nitrogen and oxygen atoms in total. The van der Waals surface area contributed by atoms with Crippen LogP contribution in [0.15, 0.2) is 18.2 Å². The zero-order valence-electron chi connectivity index (χ0n) is 10.1. The van der Waals surface area contributed by atoms with Gasteiger partial charge in [0.15, 0.2) is 0 Å². The second kappa shape index (κ2) is 5.30. The molecule has 0 spiro atoms. The molecule has 0 aliphatic carbocycles. The fourth-order valence-corrected chi connectivity index (χ4v) is 2.53. The normalized spacial score (nSPS) is 14.8. The molecular weight excluding hydrogens is 254 g/mol. The van der Waals surface area contributed by atoms with Gasteiger partial charge in [-0.15, -0.1) is 11.8 Å². The lowest BCUT2D eigenvalue weighted by Gasteiger charge is -2.15. The van der Waals surface area contributed by atoms with Gasteiger partial charge in [0.2, 0.25) is 5.91 Å². The maximum atomic E-state index is 12.2. The molecular formula is C12H13NO4S. The highest BCUT2D eigenvalue weighted by Crippen LogP contribution is 2.27. The van der Waals surface area contributed by atoms with Crippen molar-refractivity contribution < 1.29 is 19.1 Å². The Kier molecular flexibility index (Phi) is 3.76. The van der Waals surface area contributed by atoms with E-state index in [2.05, 4.69) is 0 Å². The number of thioether (sulfide) groups is 1. The lowest BCUT2D eigenvalue weighted by Crippen LogP contribution is -2.32. The molecule has 6 heteroatoms. The topological polar surface area (TPSA) is 55.8 Å². The molecule has 0 aromatic heterocycles. The quantitative estimate of drug-likeness (QED) is 0.774. The first-order valence-corrected chi connectivity index (χ1v) is 6.47. The average Bonchev–Trinajstić information content (AvgIpc) is 2.83. The molecule has 1 fully saturated rings. The standard InChI is InChI=1S/C12H13NO4S/c1-16-8-3-4-9(10(5-8)17-2)12(15)13-7-18-6-11(13)14/h3-5H,6-7H2,1-2H3. The fraction of sp³-hybridized carbons (Fsp3) is 0.333. The molecule has 1 aliphatic rings. The maximum absolute atomic E-state index is 12.2. The molecule has 0 radical (unpaired) electrons. The Bertz CT molecular complexity index is 489. The minimum absolute atomic E-state index is 0.164. The van der Waals surface area contributed by atoms with E-state index in [1.54, 1.807) is 18.2 Å². The molecule has 0 atom stereocenters. The van der Waals surface area contributed by atoms with E-state index < -0.39 is 0 Å². The lowest BCUT2D eigenvalue weighted by atomic mass is 10.1. The van der Waals surface area contributed by atoms with Gasteiger partial charge in [-0.3, -0.25) is 14.5 Å². The molecule has 1 aromatic carbocycles. The van der Waals surface area contributed by atoms with Crippen molar-refractivity contribution in [1.29, 1.82) is 0 Å². The molecule has 1 saturated heterocycles. The summed E-state index contributed by atoms with van der Waals surface area (Å²) in [6.07, 6.45) is 0. The Hall–Kier alpha value is -1.69. The van der Waals surface area contributed by atoms with Crippen LogP contribution in [0.3, 0.4) is 0 Å². The zero-order chi connectivity index (χ0) is 13.1. The summed E-state index contributed by atoms with van der Waals surface area (Å²) in [5.74, 6) is 1.26. The number of carbonyl (C=O) groups excluding carboxylic acids is 2. The Morgan fingerprint density at radius 1 is 1.33 bits per heavy atom. The zero-order valence-corrected chi connectivity index (χ0v) is 11.0. The monoisotopic (exact) mass is 267 g/mol. The van der Waals surface area contributed by atoms with Crippen LogP contribution in [0.2, 0.25) is 0 Å². The molecule has 0 unspecified atom stereocenters. The smallest absolute Gasteiger partial charge is 0.265 e. The highest BCUT2D eigenvalue weighted by Gasteiger charge is 2.29. The van der Waals surface area contributed by atoms with Crippen molar-refractivity contribution in [3.63, 3.8) is 0 Å². The Morgan fingerprint density at radius 3 is 2.67 bits per heavy atom. The number of rotatable bonds is 3. The first kappa shape index (κ1) is 12.8. The average molecular weight is 267 g/mol. The van der Waals surface area contributed by atoms with Crippen LogP contribution >= 0.6 is 11.8 Å². The Morgan fingerprint density at radius 2 is 2.11 bits per heavy atom. The Labute approximate surface area is 109 Å². The molecule has 96 valence electrons. The van der Waals surface area contributed by atoms with Crippen LogP contribution < -0.4 is 9.47 Å². The molecule has 1 aromatic rings. The first-order chi connectivity index (χ1) is 8.67. The number of nitrogens with zero attached hydrogens (tertiary/aromatic N) is 1. The van der Waals surface area contributed by atoms with Gasteiger partial charge >= 0.3 is 0 Å². The summed E-state index contributed by atoms with van der Waals surface area (Å²) in [5.41, 5.74) is 0.370. The van der Waals surface area contributed by atoms with Crippen molar-refractivity contribution in [2.24, 2.45) is 0 Å². The van der Waals surface area contributed by atoms with Gasteiger partial charge in [-0.1, -0.05) is 0 Å². The SMILES string of the molecule is COc1ccc(C(=O)N2CSCC2=O)c(OC)c1. The fourth-order valence-electron chi connectivity index (χ4n) is 1.67. The van der Waals surface area contributed by atoms with E-state index in [1.807, 2.05) is 0 Å². The van der Waals surface area contributed by atoms with Gasteiger partial charge in [0.1, 0.15) is 11.5 Å². The maximum Gasteiger partial charge on any atom is 0.265 e. The van der Waals surface area contributed by atoms with E-state index in [1.165, 1.54) is 30.9 Å². The van der Waals surface area contributed by atoms with Crippen LogP contribution in [0.5, 0.6) is 11.5 Å². The molecule has 2 amide bonds. The van der Waals surface area contributed by atoms with Gasteiger partial charge in [0, 0.05) is 6.07 Å². The van der Waals surface area contributed by atoms with Crippen LogP contribution in [-0.4, -0.2) is 42.6 Å². The summed E-state index contributed by atoms with van der Waals surface area (Å²) < 4.78 is 10.2. The molecule has 1 aliphatic heterocycles. The van der Waals surface area contributed by atoms with E-state index in [0.29, 0.717) is 28.7 Å². The summed E-state index contributed by atoms with van der Waals surface area (Å²) in [7, 11) is 3.02. The van der Waals surface area contributed by atoms with Crippen molar-refractivity contribution in [2.45, 2.75) is 0 Å². The van der Waals surface area contributed by atoms with E-state index in [4.69, 9.17) is 9.47 Å². The number of hydrogen-bond acceptors (Lipinski definition) is 5. The third kappa shape index (κ3) is 2.28. The molecule has 2 rings (SSSR count). The van der Waals surface area contributed by atoms with Crippen LogP contribution in [0.1, 0.15) is 10.4 Å². The van der Waals surface area contributed by atoms with Crippen molar-refractivity contribution >= 4 is 23.6 Å². The van der Waals surface area contributed by atoms with Gasteiger partial charge in [-0.25, -0.2) is 0 Å². The van der Waals surface area contributed by atoms with E-state index in [-0.39, 0.29) is 11.8 Å². The summed E-state index contributed by atoms with van der Waals surface area (Å²) >= 11 is 1.42. The second-order valence-corrected chi connectivity index (χ2v) is 4.63. The van der Waals surface area contributed by atoms with E-state index in [9.17, 15) is 9.59 Å². The van der Waals surface area contributed by atoms with Gasteiger partial charge in [-0.2, -0.15) is 0 Å². The van der Waals surface area contributed by atoms with Gasteiger partial charge in [0.25, 0.3) is 5.91 Å². The summed E-state index contributed by atoms with van der Waals surface area (Å²) in [5, 5.41) is 0. The summed E-state index contributed by atoms with van der Waals surface area (Å²) in [6, 6.07) is 4.90. The van der Waals surface area contributed by atoms with Crippen LogP contribution in [0.4, 0.5) is 0 Å². The van der Waals surface area contributed by atoms with Gasteiger partial charge in [-0.05, 0) is 12.1 Å². The second-order valence-electron chi connectivity index (χ2n) is 3.67. The number of ether oxygens (including phenoxy) is 2. The van der Waals surface area contributed by atoms with Crippen LogP contribution in [0, 0.1) is 0 Å². The Balaban J connectivity index is 2.32. The number of methoxy groups -OCH3 is 2. The third-order valence-electron chi connectivity index (χ3n) is 2.63. The van der Waals surface area contributed by atoms with Crippen molar-refractivity contribution in [3.05, 3.63) is 23.8 Å².